The average Bonchev–Trinajstić information content (AvgIpc) is 2.60. The van der Waals surface area contributed by atoms with E-state index in [1.165, 1.54) is 19.9 Å². The first kappa shape index (κ1) is 23.8. The molecule has 0 bridgehead atoms. The highest BCUT2D eigenvalue weighted by atomic mass is 79.9. The molecule has 30 heavy (non-hydrogen) atoms. The molecule has 0 spiro atoms. The summed E-state index contributed by atoms with van der Waals surface area (Å²) in [7, 11) is 0. The van der Waals surface area contributed by atoms with Crippen LogP contribution in [0, 0.1) is 11.8 Å². The molecule has 0 aliphatic carbocycles. The molecule has 2 aromatic carbocycles. The van der Waals surface area contributed by atoms with E-state index in [9.17, 15) is 28.2 Å². The highest BCUT2D eigenvalue weighted by Gasteiger charge is 2.31. The van der Waals surface area contributed by atoms with Crippen molar-refractivity contribution in [2.45, 2.75) is 45.4 Å². The molecule has 0 atom stereocenters. The van der Waals surface area contributed by atoms with Gasteiger partial charge >= 0.3 is 6.18 Å². The zero-order chi connectivity index (χ0) is 22.9. The maximum atomic E-state index is 13.1. The molecule has 0 saturated heterocycles. The summed E-state index contributed by atoms with van der Waals surface area (Å²) in [6, 6.07) is 5.82. The predicted octanol–water partition coefficient (Wildman–Crippen LogP) is 5.67. The van der Waals surface area contributed by atoms with Gasteiger partial charge in [-0.3, -0.25) is 4.79 Å². The first-order valence-electron chi connectivity index (χ1n) is 8.99. The summed E-state index contributed by atoms with van der Waals surface area (Å²) in [5.41, 5.74) is -1.95. The van der Waals surface area contributed by atoms with Crippen molar-refractivity contribution in [2.24, 2.45) is 0 Å². The second kappa shape index (κ2) is 8.70. The summed E-state index contributed by atoms with van der Waals surface area (Å²) >= 11 is 3.30. The Labute approximate surface area is 181 Å². The molecule has 2 rings (SSSR count). The van der Waals surface area contributed by atoms with Crippen molar-refractivity contribution < 1.29 is 28.2 Å². The van der Waals surface area contributed by atoms with Crippen molar-refractivity contribution in [3.8, 4) is 17.6 Å². The van der Waals surface area contributed by atoms with Crippen molar-refractivity contribution in [2.75, 3.05) is 5.32 Å². The Balaban J connectivity index is 2.52. The number of phenols is 1. The van der Waals surface area contributed by atoms with Crippen LogP contribution in [0.25, 0.3) is 0 Å². The Morgan fingerprint density at radius 2 is 1.80 bits per heavy atom. The van der Waals surface area contributed by atoms with Gasteiger partial charge in [0.25, 0.3) is 5.91 Å². The number of anilines is 1. The third-order valence-corrected chi connectivity index (χ3v) is 4.53. The Hall–Kier alpha value is -2.50. The highest BCUT2D eigenvalue weighted by Crippen LogP contribution is 2.34. The average molecular weight is 484 g/mol. The summed E-state index contributed by atoms with van der Waals surface area (Å²) in [5, 5.41) is 22.8. The lowest BCUT2D eigenvalue weighted by Gasteiger charge is -2.15. The second-order valence-electron chi connectivity index (χ2n) is 7.57. The smallest absolute Gasteiger partial charge is 0.416 e. The number of benzene rings is 2. The fourth-order valence-electron chi connectivity index (χ4n) is 2.58. The molecule has 3 N–H and O–H groups in total. The number of aromatic hydroxyl groups is 1. The zero-order valence-corrected chi connectivity index (χ0v) is 18.4. The zero-order valence-electron chi connectivity index (χ0n) is 16.8. The molecule has 0 radical (unpaired) electrons. The van der Waals surface area contributed by atoms with Crippen molar-refractivity contribution in [1.82, 2.24) is 0 Å². The lowest BCUT2D eigenvalue weighted by molar-refractivity contribution is -0.137. The van der Waals surface area contributed by atoms with Crippen LogP contribution >= 0.6 is 15.9 Å². The van der Waals surface area contributed by atoms with Crippen molar-refractivity contribution in [1.29, 1.82) is 0 Å². The van der Waals surface area contributed by atoms with Gasteiger partial charge in [-0.25, -0.2) is 0 Å². The molecule has 0 fully saturated rings. The molecular weight excluding hydrogens is 463 g/mol. The monoisotopic (exact) mass is 483 g/mol. The first-order chi connectivity index (χ1) is 13.7. The number of hydrogen-bond acceptors (Lipinski definition) is 3. The van der Waals surface area contributed by atoms with Crippen LogP contribution < -0.4 is 5.32 Å². The number of amides is 1. The lowest BCUT2D eigenvalue weighted by Crippen LogP contribution is -2.16. The van der Waals surface area contributed by atoms with Crippen LogP contribution in [-0.2, 0) is 6.18 Å². The van der Waals surface area contributed by atoms with Crippen LogP contribution in [0.15, 0.2) is 34.8 Å². The van der Waals surface area contributed by atoms with E-state index in [1.807, 2.05) is 13.8 Å². The molecule has 0 saturated carbocycles. The van der Waals surface area contributed by atoms with E-state index in [2.05, 4.69) is 33.1 Å². The van der Waals surface area contributed by atoms with Crippen LogP contribution in [-0.4, -0.2) is 21.7 Å². The fraction of sp³-hybridized carbons (Fsp3) is 0.318. The lowest BCUT2D eigenvalue weighted by atomic mass is 9.98. The third-order valence-electron chi connectivity index (χ3n) is 4.07. The van der Waals surface area contributed by atoms with Gasteiger partial charge in [-0.1, -0.05) is 41.6 Å². The van der Waals surface area contributed by atoms with E-state index in [0.717, 1.165) is 18.2 Å². The molecule has 4 nitrogen and oxygen atoms in total. The maximum absolute atomic E-state index is 13.1. The number of aliphatic hydroxyl groups is 1. The molecule has 0 aliphatic rings. The Bertz CT molecular complexity index is 1030. The van der Waals surface area contributed by atoms with Crippen LogP contribution in [0.2, 0.25) is 0 Å². The molecule has 160 valence electrons. The minimum absolute atomic E-state index is 0.0234. The van der Waals surface area contributed by atoms with Crippen molar-refractivity contribution in [3.63, 3.8) is 0 Å². The summed E-state index contributed by atoms with van der Waals surface area (Å²) < 4.78 is 39.9. The normalized spacial score (nSPS) is 11.8. The van der Waals surface area contributed by atoms with Crippen LogP contribution in [0.5, 0.6) is 5.75 Å². The van der Waals surface area contributed by atoms with Gasteiger partial charge in [-0.15, -0.1) is 0 Å². The first-order valence-corrected chi connectivity index (χ1v) is 9.79. The second-order valence-corrected chi connectivity index (χ2v) is 8.48. The third kappa shape index (κ3) is 6.00. The molecule has 1 amide bonds. The summed E-state index contributed by atoms with van der Waals surface area (Å²) in [5.74, 6) is 3.96. The summed E-state index contributed by atoms with van der Waals surface area (Å²) in [4.78, 5) is 12.8. The van der Waals surface area contributed by atoms with Gasteiger partial charge in [0.15, 0.2) is 0 Å². The van der Waals surface area contributed by atoms with Gasteiger partial charge in [0, 0.05) is 10.0 Å². The number of alkyl halides is 3. The quantitative estimate of drug-likeness (QED) is 0.492. The van der Waals surface area contributed by atoms with E-state index < -0.39 is 23.2 Å². The van der Waals surface area contributed by atoms with Gasteiger partial charge in [0.2, 0.25) is 0 Å². The number of nitrogens with one attached hydrogen (secondary N) is 1. The molecule has 0 aromatic heterocycles. The predicted molar refractivity (Wildman–Crippen MR) is 112 cm³/mol. The number of carbonyl (C=O) groups excluding carboxylic acids is 1. The summed E-state index contributed by atoms with van der Waals surface area (Å²) in [6.07, 6.45) is -4.59. The van der Waals surface area contributed by atoms with Crippen molar-refractivity contribution >= 4 is 27.5 Å². The minimum atomic E-state index is -4.59. The van der Waals surface area contributed by atoms with E-state index in [4.69, 9.17) is 0 Å². The Morgan fingerprint density at radius 3 is 2.33 bits per heavy atom. The van der Waals surface area contributed by atoms with Gasteiger partial charge in [0.05, 0.1) is 16.8 Å². The van der Waals surface area contributed by atoms with Crippen molar-refractivity contribution in [3.05, 3.63) is 57.1 Å². The van der Waals surface area contributed by atoms with E-state index >= 15 is 0 Å². The van der Waals surface area contributed by atoms with Gasteiger partial charge < -0.3 is 15.5 Å². The molecule has 8 heteroatoms. The molecule has 0 heterocycles. The maximum Gasteiger partial charge on any atom is 0.416 e. The number of rotatable bonds is 3. The molecule has 0 unspecified atom stereocenters. The Kier molecular flexibility index (Phi) is 6.90. The molecular formula is C22H21BrF3NO3. The number of hydrogen-bond donors (Lipinski definition) is 3. The topological polar surface area (TPSA) is 69.6 Å². The Morgan fingerprint density at radius 1 is 1.17 bits per heavy atom. The SMILES string of the molecule is CC(C)c1cc(Br)cc(C(=O)Nc2ccc(C(F)(F)F)cc2C#CC(C)(C)O)c1O. The fourth-order valence-corrected chi connectivity index (χ4v) is 3.05. The van der Waals surface area contributed by atoms with Crippen LogP contribution in [0.1, 0.15) is 60.7 Å². The summed E-state index contributed by atoms with van der Waals surface area (Å²) in [6.45, 7) is 6.48. The minimum Gasteiger partial charge on any atom is -0.507 e. The molecule has 0 aliphatic heterocycles. The number of carbonyl (C=O) groups is 1. The van der Waals surface area contributed by atoms with E-state index in [0.29, 0.717) is 10.0 Å². The number of phenolic OH excluding ortho intramolecular Hbond substituents is 1. The van der Waals surface area contributed by atoms with Gasteiger partial charge in [-0.2, -0.15) is 13.2 Å². The van der Waals surface area contributed by atoms with Gasteiger partial charge in [0.1, 0.15) is 11.4 Å². The standard InChI is InChI=1S/C22H21BrF3NO3/c1-12(2)16-10-15(23)11-17(19(16)28)20(29)27-18-6-5-14(22(24,25)26)9-13(18)7-8-21(3,4)30/h5-6,9-12,28,30H,1-4H3,(H,27,29). The van der Waals surface area contributed by atoms with E-state index in [1.54, 1.807) is 6.07 Å². The number of halogens is 4. The molecule has 2 aromatic rings. The highest BCUT2D eigenvalue weighted by molar-refractivity contribution is 9.10. The van der Waals surface area contributed by atoms with Gasteiger partial charge in [-0.05, 0) is 55.7 Å². The van der Waals surface area contributed by atoms with Crippen LogP contribution in [0.3, 0.4) is 0 Å². The largest absolute Gasteiger partial charge is 0.507 e. The van der Waals surface area contributed by atoms with Crippen LogP contribution in [0.4, 0.5) is 18.9 Å². The van der Waals surface area contributed by atoms with E-state index in [-0.39, 0.29) is 28.5 Å².